The summed E-state index contributed by atoms with van der Waals surface area (Å²) >= 11 is 13.1. The summed E-state index contributed by atoms with van der Waals surface area (Å²) in [5.41, 5.74) is 1.34. The molecule has 1 N–H and O–H groups in total. The van der Waals surface area contributed by atoms with Gasteiger partial charge in [-0.25, -0.2) is 4.99 Å². The number of hydrogen-bond donors (Lipinski definition) is 1. The van der Waals surface area contributed by atoms with Crippen LogP contribution in [0.15, 0.2) is 46.3 Å². The lowest BCUT2D eigenvalue weighted by Gasteiger charge is -2.07. The first-order chi connectivity index (χ1) is 12.5. The van der Waals surface area contributed by atoms with Gasteiger partial charge >= 0.3 is 0 Å². The van der Waals surface area contributed by atoms with E-state index in [0.717, 1.165) is 5.56 Å². The average molecular weight is 409 g/mol. The van der Waals surface area contributed by atoms with Crippen LogP contribution in [0.2, 0.25) is 10.0 Å². The molecule has 2 aromatic rings. The molecule has 8 heteroatoms. The molecule has 1 heterocycles. The molecule has 2 aromatic carbocycles. The highest BCUT2D eigenvalue weighted by Gasteiger charge is 2.24. The van der Waals surface area contributed by atoms with Crippen molar-refractivity contribution in [2.24, 2.45) is 4.99 Å². The lowest BCUT2D eigenvalue weighted by molar-refractivity contribution is -0.115. The zero-order valence-corrected chi connectivity index (χ0v) is 16.2. The number of halogens is 2. The van der Waals surface area contributed by atoms with E-state index >= 15 is 0 Å². The van der Waals surface area contributed by atoms with Crippen LogP contribution in [0.4, 0.5) is 5.69 Å². The molecule has 3 rings (SSSR count). The van der Waals surface area contributed by atoms with Crippen molar-refractivity contribution in [3.05, 3.63) is 56.9 Å². The first kappa shape index (κ1) is 18.6. The molecular weight excluding hydrogens is 395 g/mol. The molecule has 0 saturated carbocycles. The van der Waals surface area contributed by atoms with Crippen molar-refractivity contribution in [2.45, 2.75) is 0 Å². The fourth-order valence-electron chi connectivity index (χ4n) is 2.25. The third kappa shape index (κ3) is 4.15. The van der Waals surface area contributed by atoms with Gasteiger partial charge in [-0.3, -0.25) is 4.79 Å². The highest BCUT2D eigenvalue weighted by molar-refractivity contribution is 8.18. The lowest BCUT2D eigenvalue weighted by Crippen LogP contribution is -2.19. The first-order valence-electron chi connectivity index (χ1n) is 7.47. The Morgan fingerprint density at radius 1 is 1.08 bits per heavy atom. The van der Waals surface area contributed by atoms with Gasteiger partial charge in [-0.15, -0.1) is 0 Å². The van der Waals surface area contributed by atoms with E-state index in [1.807, 2.05) is 0 Å². The predicted octanol–water partition coefficient (Wildman–Crippen LogP) is 4.90. The van der Waals surface area contributed by atoms with E-state index in [9.17, 15) is 4.79 Å². The minimum Gasteiger partial charge on any atom is -0.497 e. The van der Waals surface area contributed by atoms with Gasteiger partial charge in [-0.05, 0) is 54.2 Å². The number of ether oxygens (including phenoxy) is 2. The lowest BCUT2D eigenvalue weighted by atomic mass is 10.1. The molecule has 0 aromatic heterocycles. The second kappa shape index (κ2) is 8.03. The maximum Gasteiger partial charge on any atom is 0.264 e. The van der Waals surface area contributed by atoms with E-state index < -0.39 is 0 Å². The minimum absolute atomic E-state index is 0.237. The van der Waals surface area contributed by atoms with Crippen LogP contribution in [0, 0.1) is 0 Å². The number of carbonyl (C=O) groups is 1. The molecule has 0 unspecified atom stereocenters. The Kier molecular flexibility index (Phi) is 5.76. The van der Waals surface area contributed by atoms with E-state index in [4.69, 9.17) is 32.7 Å². The van der Waals surface area contributed by atoms with Gasteiger partial charge < -0.3 is 14.8 Å². The molecule has 1 saturated heterocycles. The van der Waals surface area contributed by atoms with E-state index in [1.54, 1.807) is 56.7 Å². The van der Waals surface area contributed by atoms with Crippen LogP contribution in [0.25, 0.3) is 6.08 Å². The molecular formula is C18H14Cl2N2O3S. The van der Waals surface area contributed by atoms with Gasteiger partial charge in [-0.1, -0.05) is 23.2 Å². The number of carbonyl (C=O) groups excluding carboxylic acids is 1. The summed E-state index contributed by atoms with van der Waals surface area (Å²) < 4.78 is 10.6. The summed E-state index contributed by atoms with van der Waals surface area (Å²) in [6.07, 6.45) is 1.73. The van der Waals surface area contributed by atoms with Crippen molar-refractivity contribution < 1.29 is 14.3 Å². The zero-order valence-electron chi connectivity index (χ0n) is 13.9. The van der Waals surface area contributed by atoms with E-state index in [2.05, 4.69) is 10.3 Å². The molecule has 0 bridgehead atoms. The number of aliphatic imine (C=N–C) groups is 1. The predicted molar refractivity (Wildman–Crippen MR) is 107 cm³/mol. The number of rotatable bonds is 4. The van der Waals surface area contributed by atoms with Crippen LogP contribution in [0.5, 0.6) is 11.5 Å². The molecule has 0 radical (unpaired) electrons. The molecule has 1 aliphatic heterocycles. The average Bonchev–Trinajstić information content (AvgIpc) is 2.97. The number of thioether (sulfide) groups is 1. The quantitative estimate of drug-likeness (QED) is 0.730. The van der Waals surface area contributed by atoms with Gasteiger partial charge in [0.1, 0.15) is 11.5 Å². The number of nitrogens with one attached hydrogen (secondary N) is 1. The molecule has 0 atom stereocenters. The zero-order chi connectivity index (χ0) is 18.7. The Bertz CT molecular complexity index is 929. The normalized spacial score (nSPS) is 16.8. The highest BCUT2D eigenvalue weighted by atomic mass is 35.5. The number of hydrogen-bond acceptors (Lipinski definition) is 5. The van der Waals surface area contributed by atoms with Crippen LogP contribution in [-0.2, 0) is 4.79 Å². The summed E-state index contributed by atoms with van der Waals surface area (Å²) in [5, 5.41) is 4.04. The number of amides is 1. The van der Waals surface area contributed by atoms with Crippen LogP contribution >= 0.6 is 35.0 Å². The van der Waals surface area contributed by atoms with Crippen molar-refractivity contribution in [3.63, 3.8) is 0 Å². The molecule has 1 amide bonds. The first-order valence-corrected chi connectivity index (χ1v) is 9.04. The van der Waals surface area contributed by atoms with Crippen molar-refractivity contribution in [1.29, 1.82) is 0 Å². The van der Waals surface area contributed by atoms with E-state index in [1.165, 1.54) is 11.8 Å². The molecule has 134 valence electrons. The second-order valence-corrected chi connectivity index (χ2v) is 7.03. The van der Waals surface area contributed by atoms with Crippen molar-refractivity contribution in [2.75, 3.05) is 14.2 Å². The van der Waals surface area contributed by atoms with Gasteiger partial charge in [0, 0.05) is 5.56 Å². The second-order valence-electron chi connectivity index (χ2n) is 5.19. The fourth-order valence-corrected chi connectivity index (χ4v) is 3.37. The third-order valence-electron chi connectivity index (χ3n) is 3.51. The maximum absolute atomic E-state index is 12.3. The number of benzene rings is 2. The smallest absolute Gasteiger partial charge is 0.264 e. The Morgan fingerprint density at radius 3 is 2.58 bits per heavy atom. The highest BCUT2D eigenvalue weighted by Crippen LogP contribution is 2.33. The Labute approximate surface area is 165 Å². The molecule has 26 heavy (non-hydrogen) atoms. The SMILES string of the molecule is COc1ccc(OC)c(/C=C2\SC(=Nc3ccc(Cl)c(Cl)c3)NC2=O)c1. The molecule has 5 nitrogen and oxygen atoms in total. The minimum atomic E-state index is -0.237. The number of nitrogens with zero attached hydrogens (tertiary/aromatic N) is 1. The van der Waals surface area contributed by atoms with Crippen LogP contribution in [0.3, 0.4) is 0 Å². The van der Waals surface area contributed by atoms with E-state index in [-0.39, 0.29) is 5.91 Å². The summed E-state index contributed by atoms with van der Waals surface area (Å²) in [5.74, 6) is 1.08. The van der Waals surface area contributed by atoms with Crippen molar-refractivity contribution >= 4 is 57.8 Å². The Balaban J connectivity index is 1.89. The van der Waals surface area contributed by atoms with Crippen LogP contribution in [-0.4, -0.2) is 25.3 Å². The summed E-state index contributed by atoms with van der Waals surface area (Å²) in [7, 11) is 3.15. The summed E-state index contributed by atoms with van der Waals surface area (Å²) in [4.78, 5) is 17.1. The number of amidine groups is 1. The van der Waals surface area contributed by atoms with E-state index in [0.29, 0.717) is 37.3 Å². The fraction of sp³-hybridized carbons (Fsp3) is 0.111. The summed E-state index contributed by atoms with van der Waals surface area (Å²) in [6, 6.07) is 10.4. The van der Waals surface area contributed by atoms with Crippen molar-refractivity contribution in [3.8, 4) is 11.5 Å². The Hall–Kier alpha value is -2.15. The van der Waals surface area contributed by atoms with Gasteiger partial charge in [0.25, 0.3) is 5.91 Å². The molecule has 0 aliphatic carbocycles. The molecule has 1 fully saturated rings. The topological polar surface area (TPSA) is 59.9 Å². The van der Waals surface area contributed by atoms with Crippen LogP contribution in [0.1, 0.15) is 5.56 Å². The third-order valence-corrected chi connectivity index (χ3v) is 5.16. The Morgan fingerprint density at radius 2 is 1.88 bits per heavy atom. The van der Waals surface area contributed by atoms with Crippen molar-refractivity contribution in [1.82, 2.24) is 5.32 Å². The van der Waals surface area contributed by atoms with Crippen LogP contribution < -0.4 is 14.8 Å². The number of methoxy groups -OCH3 is 2. The largest absolute Gasteiger partial charge is 0.497 e. The standard InChI is InChI=1S/C18H14Cl2N2O3S/c1-24-12-4-6-15(25-2)10(7-12)8-16-17(23)22-18(26-16)21-11-3-5-13(19)14(20)9-11/h3-9H,1-2H3,(H,21,22,23)/b16-8-. The van der Waals surface area contributed by atoms with Gasteiger partial charge in [0.15, 0.2) is 5.17 Å². The molecule has 1 aliphatic rings. The van der Waals surface area contributed by atoms with Gasteiger partial charge in [-0.2, -0.15) is 0 Å². The monoisotopic (exact) mass is 408 g/mol. The van der Waals surface area contributed by atoms with Gasteiger partial charge in [0.05, 0.1) is 34.9 Å². The molecule has 0 spiro atoms. The maximum atomic E-state index is 12.3. The van der Waals surface area contributed by atoms with Gasteiger partial charge in [0.2, 0.25) is 0 Å². The summed E-state index contributed by atoms with van der Waals surface area (Å²) in [6.45, 7) is 0.